The molecule has 3 nitrogen and oxygen atoms in total. The van der Waals surface area contributed by atoms with E-state index in [0.717, 1.165) is 33.3 Å². The highest BCUT2D eigenvalue weighted by atomic mass is 15.2. The zero-order valence-corrected chi connectivity index (χ0v) is 32.9. The molecule has 0 spiro atoms. The number of nitrogens with one attached hydrogen (secondary N) is 1. The van der Waals surface area contributed by atoms with Gasteiger partial charge in [0, 0.05) is 16.5 Å². The summed E-state index contributed by atoms with van der Waals surface area (Å²) in [6.07, 6.45) is -0.348. The average Bonchev–Trinajstić information content (AvgIpc) is 3.53. The van der Waals surface area contributed by atoms with E-state index in [2.05, 4.69) is 207 Å². The van der Waals surface area contributed by atoms with Gasteiger partial charge in [0.05, 0.1) is 0 Å². The molecule has 2 aliphatic rings. The van der Waals surface area contributed by atoms with Gasteiger partial charge < -0.3 is 5.32 Å². The number of hydrogen-bond donors (Lipinski definition) is 1. The molecule has 0 fully saturated rings. The Hall–Kier alpha value is -7.36. The monoisotopic (exact) mass is 753 g/mol. The van der Waals surface area contributed by atoms with E-state index in [1.807, 2.05) is 0 Å². The van der Waals surface area contributed by atoms with Crippen LogP contribution in [0.2, 0.25) is 0 Å². The average molecular weight is 754 g/mol. The molecule has 59 heavy (non-hydrogen) atoms. The maximum Gasteiger partial charge on any atom is 0.160 e. The minimum atomic E-state index is -0.348. The maximum atomic E-state index is 5.43. The van der Waals surface area contributed by atoms with Crippen LogP contribution in [0.25, 0.3) is 76.1 Å². The summed E-state index contributed by atoms with van der Waals surface area (Å²) < 4.78 is 0. The van der Waals surface area contributed by atoms with E-state index in [9.17, 15) is 0 Å². The standard InChI is InChI=1S/C56H39N3/c1-56(2)51-17-8-7-15-47(51)50-33-38(26-29-52(50)56)37-21-18-36-12-9-16-48(49(36)32-37)55-58-53(41-24-27-45-39(30-41)22-19-34-10-3-5-13-43(34)45)57-54(59-55)42-25-28-46-40(31-42)23-20-35-11-4-6-14-44(35)46/h3-33,53H,1-2H3,(H,57,58,59). The molecule has 3 heteroatoms. The number of benzene rings is 10. The summed E-state index contributed by atoms with van der Waals surface area (Å²) in [7, 11) is 0. The molecule has 0 amide bonds. The molecule has 1 N–H and O–H groups in total. The Morgan fingerprint density at radius 1 is 0.407 bits per heavy atom. The molecular formula is C56H39N3. The van der Waals surface area contributed by atoms with E-state index in [4.69, 9.17) is 9.98 Å². The van der Waals surface area contributed by atoms with Crippen LogP contribution in [0.3, 0.4) is 0 Å². The Morgan fingerprint density at radius 3 is 1.78 bits per heavy atom. The van der Waals surface area contributed by atoms with Gasteiger partial charge in [-0.3, -0.25) is 0 Å². The number of nitrogens with zero attached hydrogens (tertiary/aromatic N) is 2. The van der Waals surface area contributed by atoms with Crippen LogP contribution in [-0.4, -0.2) is 11.7 Å². The fraction of sp³-hybridized carbons (Fsp3) is 0.0714. The summed E-state index contributed by atoms with van der Waals surface area (Å²) in [6.45, 7) is 4.67. The van der Waals surface area contributed by atoms with Gasteiger partial charge in [-0.2, -0.15) is 0 Å². The minimum absolute atomic E-state index is 0.0297. The summed E-state index contributed by atoms with van der Waals surface area (Å²) in [6, 6.07) is 68.7. The van der Waals surface area contributed by atoms with Crippen LogP contribution in [0, 0.1) is 0 Å². The Kier molecular flexibility index (Phi) is 7.34. The highest BCUT2D eigenvalue weighted by molar-refractivity contribution is 6.19. The first kappa shape index (κ1) is 33.7. The number of amidine groups is 2. The second kappa shape index (κ2) is 12.8. The van der Waals surface area contributed by atoms with Crippen molar-refractivity contribution in [3.05, 3.63) is 216 Å². The lowest BCUT2D eigenvalue weighted by Gasteiger charge is -2.25. The smallest absolute Gasteiger partial charge is 0.160 e. The maximum absolute atomic E-state index is 5.43. The molecule has 0 bridgehead atoms. The topological polar surface area (TPSA) is 36.8 Å². The van der Waals surface area contributed by atoms with Gasteiger partial charge in [0.25, 0.3) is 0 Å². The molecule has 12 rings (SSSR count). The first-order valence-electron chi connectivity index (χ1n) is 20.5. The van der Waals surface area contributed by atoms with Crippen molar-refractivity contribution >= 4 is 65.5 Å². The molecule has 1 heterocycles. The lowest BCUT2D eigenvalue weighted by atomic mass is 9.82. The molecule has 0 radical (unpaired) electrons. The first-order valence-corrected chi connectivity index (χ1v) is 20.5. The Labute approximate surface area is 343 Å². The van der Waals surface area contributed by atoms with Crippen molar-refractivity contribution in [2.24, 2.45) is 9.98 Å². The normalized spacial score (nSPS) is 15.6. The largest absolute Gasteiger partial charge is 0.344 e. The molecule has 278 valence electrons. The van der Waals surface area contributed by atoms with Gasteiger partial charge in [-0.1, -0.05) is 178 Å². The molecular weight excluding hydrogens is 715 g/mol. The van der Waals surface area contributed by atoms with Gasteiger partial charge in [0.2, 0.25) is 0 Å². The van der Waals surface area contributed by atoms with Crippen LogP contribution in [0.5, 0.6) is 0 Å². The number of aliphatic imine (C=N–C) groups is 2. The highest BCUT2D eigenvalue weighted by Gasteiger charge is 2.35. The molecule has 10 aromatic carbocycles. The van der Waals surface area contributed by atoms with Crippen molar-refractivity contribution in [1.29, 1.82) is 0 Å². The van der Waals surface area contributed by atoms with Gasteiger partial charge in [-0.15, -0.1) is 0 Å². The second-order valence-electron chi connectivity index (χ2n) is 16.6. The predicted octanol–water partition coefficient (Wildman–Crippen LogP) is 13.9. The van der Waals surface area contributed by atoms with Gasteiger partial charge in [0.1, 0.15) is 12.0 Å². The summed E-state index contributed by atoms with van der Waals surface area (Å²) in [4.78, 5) is 10.8. The van der Waals surface area contributed by atoms with Crippen LogP contribution in [-0.2, 0) is 5.41 Å². The second-order valence-corrected chi connectivity index (χ2v) is 16.6. The summed E-state index contributed by atoms with van der Waals surface area (Å²) >= 11 is 0. The molecule has 1 aliphatic carbocycles. The van der Waals surface area contributed by atoms with E-state index < -0.39 is 0 Å². The zero-order valence-electron chi connectivity index (χ0n) is 32.9. The molecule has 0 aromatic heterocycles. The van der Waals surface area contributed by atoms with Crippen LogP contribution in [0.15, 0.2) is 198 Å². The number of fused-ring (bicyclic) bond motifs is 10. The van der Waals surface area contributed by atoms with E-state index in [1.165, 1.54) is 76.5 Å². The van der Waals surface area contributed by atoms with Crippen molar-refractivity contribution in [3.63, 3.8) is 0 Å². The van der Waals surface area contributed by atoms with Gasteiger partial charge in [-0.25, -0.2) is 9.98 Å². The molecule has 1 unspecified atom stereocenters. The number of hydrogen-bond acceptors (Lipinski definition) is 3. The summed E-state index contributed by atoms with van der Waals surface area (Å²) in [5.41, 5.74) is 10.9. The zero-order chi connectivity index (χ0) is 39.2. The van der Waals surface area contributed by atoms with Gasteiger partial charge in [0.15, 0.2) is 5.84 Å². The third-order valence-corrected chi connectivity index (χ3v) is 12.9. The van der Waals surface area contributed by atoms with E-state index in [1.54, 1.807) is 0 Å². The van der Waals surface area contributed by atoms with Crippen molar-refractivity contribution < 1.29 is 0 Å². The predicted molar refractivity (Wildman–Crippen MR) is 249 cm³/mol. The van der Waals surface area contributed by atoms with Crippen molar-refractivity contribution in [2.75, 3.05) is 0 Å². The molecule has 1 aliphatic heterocycles. The molecule has 10 aromatic rings. The molecule has 1 atom stereocenters. The van der Waals surface area contributed by atoms with Gasteiger partial charge >= 0.3 is 0 Å². The fourth-order valence-electron chi connectivity index (χ4n) is 9.80. The van der Waals surface area contributed by atoms with Crippen molar-refractivity contribution in [1.82, 2.24) is 5.32 Å². The Bertz CT molecular complexity index is 3460. The van der Waals surface area contributed by atoms with Crippen LogP contribution >= 0.6 is 0 Å². The van der Waals surface area contributed by atoms with Crippen LogP contribution in [0.1, 0.15) is 47.8 Å². The van der Waals surface area contributed by atoms with E-state index in [-0.39, 0.29) is 11.6 Å². The van der Waals surface area contributed by atoms with Gasteiger partial charge in [-0.05, 0) is 117 Å². The van der Waals surface area contributed by atoms with Crippen LogP contribution < -0.4 is 5.32 Å². The lowest BCUT2D eigenvalue weighted by molar-refractivity contribution is 0.660. The van der Waals surface area contributed by atoms with E-state index in [0.29, 0.717) is 5.84 Å². The van der Waals surface area contributed by atoms with E-state index >= 15 is 0 Å². The van der Waals surface area contributed by atoms with Crippen molar-refractivity contribution in [2.45, 2.75) is 25.4 Å². The quantitative estimate of drug-likeness (QED) is 0.179. The third-order valence-electron chi connectivity index (χ3n) is 12.9. The highest BCUT2D eigenvalue weighted by Crippen LogP contribution is 2.49. The minimum Gasteiger partial charge on any atom is -0.344 e. The summed E-state index contributed by atoms with van der Waals surface area (Å²) in [5.74, 6) is 1.52. The molecule has 0 saturated carbocycles. The van der Waals surface area contributed by atoms with Crippen LogP contribution in [0.4, 0.5) is 0 Å². The fourth-order valence-corrected chi connectivity index (χ4v) is 9.80. The molecule has 0 saturated heterocycles. The van der Waals surface area contributed by atoms with Crippen molar-refractivity contribution in [3.8, 4) is 22.3 Å². The number of rotatable bonds is 4. The lowest BCUT2D eigenvalue weighted by Crippen LogP contribution is -2.33. The third kappa shape index (κ3) is 5.35. The SMILES string of the molecule is CC1(C)c2ccccc2-c2cc(-c3ccc4cccc(C5=NC(c6ccc7c(ccc8ccccc87)c6)NC(c6ccc7c(ccc8ccccc87)c6)=N5)c4c3)ccc21. The first-order chi connectivity index (χ1) is 29.0. The Morgan fingerprint density at radius 2 is 0.966 bits per heavy atom. The Balaban J connectivity index is 1.01. The summed E-state index contributed by atoms with van der Waals surface area (Å²) in [5, 5.41) is 15.9.